The number of benzene rings is 2. The van der Waals surface area contributed by atoms with Gasteiger partial charge in [0.15, 0.2) is 0 Å². The number of amides is 1. The second-order valence-corrected chi connectivity index (χ2v) is 14.3. The minimum atomic E-state index is -0.896. The lowest BCUT2D eigenvalue weighted by Gasteiger charge is -2.61. The van der Waals surface area contributed by atoms with Crippen LogP contribution in [-0.2, 0) is 17.3 Å². The van der Waals surface area contributed by atoms with Gasteiger partial charge < -0.3 is 14.6 Å². The Kier molecular flexibility index (Phi) is 7.24. The molecule has 1 N–H and O–H groups in total. The van der Waals surface area contributed by atoms with Crippen molar-refractivity contribution in [3.63, 3.8) is 0 Å². The predicted molar refractivity (Wildman–Crippen MR) is 180 cm³/mol. The van der Waals surface area contributed by atoms with Crippen LogP contribution in [0, 0.1) is 29.8 Å². The molecule has 0 saturated heterocycles. The third-order valence-electron chi connectivity index (χ3n) is 9.42. The first-order valence-corrected chi connectivity index (χ1v) is 15.8. The first kappa shape index (κ1) is 30.7. The summed E-state index contributed by atoms with van der Waals surface area (Å²) >= 11 is 6.89. The number of halogens is 1. The highest BCUT2D eigenvalue weighted by atomic mass is 35.5. The number of hydrogen-bond donors (Lipinski definition) is 1. The zero-order valence-electron chi connectivity index (χ0n) is 26.6. The Morgan fingerprint density at radius 2 is 2.00 bits per heavy atom. The molecular weight excluding hydrogens is 616 g/mol. The van der Waals surface area contributed by atoms with Crippen molar-refractivity contribution in [2.75, 3.05) is 16.8 Å². The zero-order valence-corrected chi connectivity index (χ0v) is 27.4. The number of aromatic nitrogens is 5. The highest BCUT2D eigenvalue weighted by molar-refractivity contribution is 6.36. The van der Waals surface area contributed by atoms with Gasteiger partial charge in [-0.05, 0) is 65.8 Å². The largest absolute Gasteiger partial charge is 0.446 e. The van der Waals surface area contributed by atoms with E-state index >= 15 is 0 Å². The standard InChI is InChI=1S/C35H34ClN8O3/c1-34(2,3)19-39-29-21(16-37)17-38-30-26(29)11-22(12-27(30)36)44(33(46)47-5)31(28-18-43(41-40-28)35-13-20(14-35)15-35)24-7-6-8-25-23(24)9-10-42(4)32(25)45/h6-12,17-18,20,31H,5,13-15,19H2,1-4H3,(H,38,39)/t20?,31-,35?/m0/s1. The maximum absolute atomic E-state index is 13.9. The van der Waals surface area contributed by atoms with Crippen molar-refractivity contribution in [1.82, 2.24) is 24.5 Å². The molecule has 5 aromatic rings. The fourth-order valence-corrected chi connectivity index (χ4v) is 7.12. The van der Waals surface area contributed by atoms with Crippen molar-refractivity contribution < 1.29 is 9.53 Å². The number of carbonyl (C=O) groups excluding carboxylic acids is 1. The van der Waals surface area contributed by atoms with Crippen LogP contribution in [0.5, 0.6) is 0 Å². The second kappa shape index (κ2) is 11.1. The summed E-state index contributed by atoms with van der Waals surface area (Å²) in [6.45, 7) is 6.82. The van der Waals surface area contributed by atoms with Gasteiger partial charge in [-0.1, -0.05) is 49.7 Å². The number of pyridine rings is 2. The Morgan fingerprint density at radius 1 is 1.23 bits per heavy atom. The number of nitriles is 1. The summed E-state index contributed by atoms with van der Waals surface area (Å²) in [7, 11) is 5.16. The quantitative estimate of drug-likeness (QED) is 0.206. The Bertz CT molecular complexity index is 2160. The van der Waals surface area contributed by atoms with Crippen LogP contribution in [-0.4, -0.2) is 37.2 Å². The lowest BCUT2D eigenvalue weighted by molar-refractivity contribution is -0.0989. The molecule has 1 atom stereocenters. The number of ether oxygens (including phenoxy) is 1. The van der Waals surface area contributed by atoms with E-state index in [1.807, 2.05) is 23.0 Å². The van der Waals surface area contributed by atoms with Crippen molar-refractivity contribution in [2.24, 2.45) is 18.4 Å². The third-order valence-corrected chi connectivity index (χ3v) is 9.70. The molecule has 3 fully saturated rings. The van der Waals surface area contributed by atoms with E-state index in [9.17, 15) is 14.9 Å². The van der Waals surface area contributed by atoms with Crippen molar-refractivity contribution in [2.45, 2.75) is 51.6 Å². The van der Waals surface area contributed by atoms with Crippen molar-refractivity contribution >= 4 is 50.7 Å². The van der Waals surface area contributed by atoms with Crippen LogP contribution >= 0.6 is 11.6 Å². The molecule has 11 nitrogen and oxygen atoms in total. The molecule has 1 amide bonds. The van der Waals surface area contributed by atoms with E-state index in [1.54, 1.807) is 37.5 Å². The average molecular weight is 650 g/mol. The summed E-state index contributed by atoms with van der Waals surface area (Å²) in [4.78, 5) is 33.1. The van der Waals surface area contributed by atoms with Crippen LogP contribution < -0.4 is 15.8 Å². The summed E-state index contributed by atoms with van der Waals surface area (Å²) in [5.74, 6) is 0.720. The number of nitrogens with zero attached hydrogens (tertiary/aromatic N) is 7. The minimum absolute atomic E-state index is 0.0495. The molecule has 12 heteroatoms. The third kappa shape index (κ3) is 5.08. The molecule has 0 spiro atoms. The summed E-state index contributed by atoms with van der Waals surface area (Å²) in [6.07, 6.45) is 7.45. The molecule has 3 saturated carbocycles. The van der Waals surface area contributed by atoms with E-state index in [-0.39, 0.29) is 21.5 Å². The number of aryl methyl sites for hydroxylation is 1. The fraction of sp³-hybridized carbons (Fsp3) is 0.343. The molecule has 47 heavy (non-hydrogen) atoms. The average Bonchev–Trinajstić information content (AvgIpc) is 3.46. The Labute approximate surface area is 276 Å². The van der Waals surface area contributed by atoms with Crippen LogP contribution in [0.3, 0.4) is 0 Å². The van der Waals surface area contributed by atoms with E-state index in [2.05, 4.69) is 54.6 Å². The Morgan fingerprint density at radius 3 is 2.66 bits per heavy atom. The molecule has 3 aliphatic carbocycles. The minimum Gasteiger partial charge on any atom is -0.446 e. The van der Waals surface area contributed by atoms with Gasteiger partial charge >= 0.3 is 6.09 Å². The molecule has 0 aliphatic heterocycles. The summed E-state index contributed by atoms with van der Waals surface area (Å²) in [5, 5.41) is 24.5. The second-order valence-electron chi connectivity index (χ2n) is 13.9. The number of anilines is 2. The molecule has 2 aromatic carbocycles. The first-order valence-electron chi connectivity index (χ1n) is 15.5. The van der Waals surface area contributed by atoms with Crippen LogP contribution in [0.4, 0.5) is 16.2 Å². The van der Waals surface area contributed by atoms with E-state index < -0.39 is 12.1 Å². The number of fused-ring (bicyclic) bond motifs is 2. The summed E-state index contributed by atoms with van der Waals surface area (Å²) in [5.41, 5.74) is 2.52. The molecule has 239 valence electrons. The van der Waals surface area contributed by atoms with E-state index in [0.29, 0.717) is 56.4 Å². The molecule has 3 heterocycles. The molecule has 1 radical (unpaired) electrons. The summed E-state index contributed by atoms with van der Waals surface area (Å²) in [6, 6.07) is 12.0. The van der Waals surface area contributed by atoms with Gasteiger partial charge in [0, 0.05) is 36.8 Å². The number of nitrogens with one attached hydrogen (secondary N) is 1. The number of carbonyl (C=O) groups is 1. The van der Waals surface area contributed by atoms with Gasteiger partial charge in [-0.2, -0.15) is 5.26 Å². The Balaban J connectivity index is 1.47. The van der Waals surface area contributed by atoms with Gasteiger partial charge in [-0.25, -0.2) is 9.48 Å². The maximum Gasteiger partial charge on any atom is 0.415 e. The van der Waals surface area contributed by atoms with Crippen molar-refractivity contribution in [1.29, 1.82) is 5.26 Å². The van der Waals surface area contributed by atoms with Crippen LogP contribution in [0.1, 0.15) is 62.9 Å². The topological polar surface area (TPSA) is 131 Å². The normalized spacial score (nSPS) is 19.0. The molecule has 2 bridgehead atoms. The first-order chi connectivity index (χ1) is 22.4. The monoisotopic (exact) mass is 649 g/mol. The predicted octanol–water partition coefficient (Wildman–Crippen LogP) is 6.69. The van der Waals surface area contributed by atoms with Gasteiger partial charge in [-0.15, -0.1) is 5.10 Å². The zero-order chi connectivity index (χ0) is 33.2. The van der Waals surface area contributed by atoms with Crippen molar-refractivity contribution in [3.8, 4) is 6.07 Å². The smallest absolute Gasteiger partial charge is 0.415 e. The lowest BCUT2D eigenvalue weighted by atomic mass is 9.50. The highest BCUT2D eigenvalue weighted by Gasteiger charge is 2.59. The van der Waals surface area contributed by atoms with Gasteiger partial charge in [0.05, 0.1) is 39.2 Å². The number of hydrogen-bond acceptors (Lipinski definition) is 8. The van der Waals surface area contributed by atoms with E-state index in [4.69, 9.17) is 16.3 Å². The highest BCUT2D eigenvalue weighted by Crippen LogP contribution is 2.62. The molecule has 0 unspecified atom stereocenters. The van der Waals surface area contributed by atoms with Crippen molar-refractivity contribution in [3.05, 3.63) is 94.3 Å². The van der Waals surface area contributed by atoms with Gasteiger partial charge in [0.25, 0.3) is 5.56 Å². The van der Waals surface area contributed by atoms with Crippen LogP contribution in [0.25, 0.3) is 21.7 Å². The molecule has 3 aliphatic rings. The van der Waals surface area contributed by atoms with E-state index in [1.165, 1.54) is 15.7 Å². The van der Waals surface area contributed by atoms with Gasteiger partial charge in [0.1, 0.15) is 24.9 Å². The number of rotatable bonds is 7. The SMILES string of the molecule is [CH2]OC(=O)N(c1cc(Cl)c2ncc(C#N)c(NCC(C)(C)C)c2c1)[C@H](c1cn(C23CC(C2)C3)nn1)c1cccc2c(=O)n(C)ccc12. The Hall–Kier alpha value is -4.95. The van der Waals surface area contributed by atoms with Crippen LogP contribution in [0.2, 0.25) is 5.02 Å². The summed E-state index contributed by atoms with van der Waals surface area (Å²) < 4.78 is 8.59. The molecular formula is C35H34ClN8O3. The van der Waals surface area contributed by atoms with E-state index in [0.717, 1.165) is 25.2 Å². The fourth-order valence-electron chi connectivity index (χ4n) is 6.86. The molecule has 3 aromatic heterocycles. The van der Waals surface area contributed by atoms with Crippen LogP contribution in [0.15, 0.2) is 59.8 Å². The lowest BCUT2D eigenvalue weighted by Crippen LogP contribution is -2.59. The molecule has 8 rings (SSSR count). The van der Waals surface area contributed by atoms with Gasteiger partial charge in [0.2, 0.25) is 0 Å². The maximum atomic E-state index is 13.9. The van der Waals surface area contributed by atoms with Gasteiger partial charge in [-0.3, -0.25) is 14.7 Å².